The van der Waals surface area contributed by atoms with Crippen molar-refractivity contribution >= 4 is 5.97 Å². The van der Waals surface area contributed by atoms with Crippen LogP contribution in [0.15, 0.2) is 0 Å². The zero-order valence-corrected chi connectivity index (χ0v) is 13.2. The van der Waals surface area contributed by atoms with E-state index in [0.717, 1.165) is 0 Å². The van der Waals surface area contributed by atoms with Gasteiger partial charge in [-0.2, -0.15) is 0 Å². The average molecular weight is 306 g/mol. The van der Waals surface area contributed by atoms with E-state index in [1.54, 1.807) is 28.1 Å². The van der Waals surface area contributed by atoms with Crippen LogP contribution in [0.2, 0.25) is 0 Å². The van der Waals surface area contributed by atoms with Gasteiger partial charge in [-0.15, -0.1) is 0 Å². The van der Waals surface area contributed by atoms with E-state index in [2.05, 4.69) is 4.74 Å². The first-order valence-corrected chi connectivity index (χ1v) is 6.90. The Morgan fingerprint density at radius 2 is 1.90 bits per heavy atom. The van der Waals surface area contributed by atoms with Gasteiger partial charge in [-0.1, -0.05) is 13.8 Å². The molecule has 0 saturated carbocycles. The highest BCUT2D eigenvalue weighted by Crippen LogP contribution is 2.39. The van der Waals surface area contributed by atoms with E-state index in [-0.39, 0.29) is 6.10 Å². The molecule has 0 bridgehead atoms. The molecule has 0 radical (unpaired) electrons. The van der Waals surface area contributed by atoms with Crippen LogP contribution in [0.1, 0.15) is 20.3 Å². The molecule has 1 fully saturated rings. The van der Waals surface area contributed by atoms with Crippen LogP contribution in [0.25, 0.3) is 0 Å². The van der Waals surface area contributed by atoms with Gasteiger partial charge in [0.15, 0.2) is 6.10 Å². The van der Waals surface area contributed by atoms with Gasteiger partial charge in [0.2, 0.25) is 0 Å². The summed E-state index contributed by atoms with van der Waals surface area (Å²) in [7, 11) is 4.33. The lowest BCUT2D eigenvalue weighted by Crippen LogP contribution is -2.61. The fraction of sp³-hybridized carbons (Fsp3) is 0.929. The molecule has 1 aliphatic rings. The van der Waals surface area contributed by atoms with Crippen LogP contribution in [-0.2, 0) is 23.7 Å². The third-order valence-corrected chi connectivity index (χ3v) is 4.13. The molecule has 7 nitrogen and oxygen atoms in total. The largest absolute Gasteiger partial charge is 0.467 e. The summed E-state index contributed by atoms with van der Waals surface area (Å²) < 4.78 is 20.7. The van der Waals surface area contributed by atoms with Crippen LogP contribution < -0.4 is 0 Å². The van der Waals surface area contributed by atoms with E-state index in [4.69, 9.17) is 14.2 Å². The van der Waals surface area contributed by atoms with Crippen molar-refractivity contribution < 1.29 is 34.0 Å². The van der Waals surface area contributed by atoms with E-state index in [1.807, 2.05) is 0 Å². The molecule has 1 aliphatic heterocycles. The number of methoxy groups -OCH3 is 3. The van der Waals surface area contributed by atoms with Crippen LogP contribution in [0, 0.1) is 5.41 Å². The van der Waals surface area contributed by atoms with Crippen LogP contribution >= 0.6 is 0 Å². The number of esters is 1. The minimum Gasteiger partial charge on any atom is -0.467 e. The summed E-state index contributed by atoms with van der Waals surface area (Å²) in [6, 6.07) is 0. The Kier molecular flexibility index (Phi) is 6.55. The second-order valence-electron chi connectivity index (χ2n) is 5.87. The van der Waals surface area contributed by atoms with Crippen molar-refractivity contribution in [2.45, 2.75) is 50.8 Å². The minimum absolute atomic E-state index is 0.236. The molecule has 0 aromatic carbocycles. The minimum atomic E-state index is -1.33. The molecule has 21 heavy (non-hydrogen) atoms. The summed E-state index contributed by atoms with van der Waals surface area (Å²) in [6.45, 7) is 3.92. The lowest BCUT2D eigenvalue weighted by molar-refractivity contribution is -0.241. The third kappa shape index (κ3) is 3.92. The van der Waals surface area contributed by atoms with Crippen molar-refractivity contribution in [2.24, 2.45) is 5.41 Å². The van der Waals surface area contributed by atoms with Gasteiger partial charge in [-0.05, 0) is 0 Å². The first-order valence-electron chi connectivity index (χ1n) is 6.90. The fourth-order valence-corrected chi connectivity index (χ4v) is 2.56. The maximum atomic E-state index is 11.7. The quantitative estimate of drug-likeness (QED) is 0.652. The molecule has 2 N–H and O–H groups in total. The lowest BCUT2D eigenvalue weighted by atomic mass is 9.73. The van der Waals surface area contributed by atoms with Gasteiger partial charge in [0.1, 0.15) is 6.10 Å². The first-order chi connectivity index (χ1) is 9.79. The number of hydrogen-bond donors (Lipinski definition) is 2. The number of carbonyl (C=O) groups excluding carboxylic acids is 1. The summed E-state index contributed by atoms with van der Waals surface area (Å²) in [5.74, 6) is -0.706. The van der Waals surface area contributed by atoms with Crippen molar-refractivity contribution in [3.63, 3.8) is 0 Å². The maximum absolute atomic E-state index is 11.7. The Hall–Kier alpha value is -0.730. The maximum Gasteiger partial charge on any atom is 0.337 e. The number of rotatable bonds is 6. The molecule has 1 heterocycles. The molecule has 0 amide bonds. The number of aliphatic hydroxyl groups excluding tert-OH is 2. The lowest BCUT2D eigenvalue weighted by Gasteiger charge is -2.48. The van der Waals surface area contributed by atoms with Crippen molar-refractivity contribution in [3.05, 3.63) is 0 Å². The third-order valence-electron chi connectivity index (χ3n) is 4.13. The van der Waals surface area contributed by atoms with Crippen LogP contribution in [0.5, 0.6) is 0 Å². The summed E-state index contributed by atoms with van der Waals surface area (Å²) in [5.41, 5.74) is -0.742. The molecule has 0 aromatic rings. The first kappa shape index (κ1) is 18.3. The van der Waals surface area contributed by atoms with Gasteiger partial charge in [-0.25, -0.2) is 4.79 Å². The van der Waals surface area contributed by atoms with Crippen molar-refractivity contribution in [3.8, 4) is 0 Å². The fourth-order valence-electron chi connectivity index (χ4n) is 2.56. The highest BCUT2D eigenvalue weighted by molar-refractivity contribution is 5.75. The monoisotopic (exact) mass is 306 g/mol. The molecule has 0 aliphatic carbocycles. The number of carbonyl (C=O) groups is 1. The van der Waals surface area contributed by atoms with Crippen molar-refractivity contribution in [1.29, 1.82) is 0 Å². The Morgan fingerprint density at radius 1 is 1.29 bits per heavy atom. The Balaban J connectivity index is 2.91. The highest BCUT2D eigenvalue weighted by atomic mass is 16.6. The second kappa shape index (κ2) is 7.51. The smallest absolute Gasteiger partial charge is 0.337 e. The zero-order valence-electron chi connectivity index (χ0n) is 13.2. The molecule has 0 aromatic heterocycles. The number of ether oxygens (including phenoxy) is 4. The molecule has 1 saturated heterocycles. The molecular formula is C14H26O7. The predicted molar refractivity (Wildman–Crippen MR) is 73.8 cm³/mol. The molecule has 0 unspecified atom stereocenters. The van der Waals surface area contributed by atoms with E-state index in [1.165, 1.54) is 7.11 Å². The Labute approximate surface area is 125 Å². The van der Waals surface area contributed by atoms with E-state index >= 15 is 0 Å². The molecule has 0 spiro atoms. The Bertz CT molecular complexity index is 344. The molecule has 1 rings (SSSR count). The van der Waals surface area contributed by atoms with Crippen LogP contribution in [-0.4, -0.2) is 74.6 Å². The van der Waals surface area contributed by atoms with Gasteiger partial charge in [0.25, 0.3) is 0 Å². The molecule has 7 heteroatoms. The second-order valence-corrected chi connectivity index (χ2v) is 5.87. The standard InChI is InChI=1S/C14H26O7/c1-14(2)9(6-8(19-4)7-18-3)21-11(13(17)20-5)10(15)12(14)16/h8-12,15-16H,6-7H2,1-5H3/t8-,9+,10-,11-,12-/m0/s1. The summed E-state index contributed by atoms with van der Waals surface area (Å²) in [5, 5.41) is 20.4. The zero-order chi connectivity index (χ0) is 16.2. The van der Waals surface area contributed by atoms with Gasteiger partial charge in [-0.3, -0.25) is 0 Å². The summed E-state index contributed by atoms with van der Waals surface area (Å²) in [6.07, 6.45) is -3.94. The van der Waals surface area contributed by atoms with Gasteiger partial charge in [0, 0.05) is 26.1 Å². The normalized spacial score (nSPS) is 33.5. The highest BCUT2D eigenvalue weighted by Gasteiger charge is 2.52. The van der Waals surface area contributed by atoms with Crippen molar-refractivity contribution in [1.82, 2.24) is 0 Å². The number of aliphatic hydroxyl groups is 2. The SMILES string of the molecule is COC[C@H](C[C@H]1O[C@H](C(=O)OC)[C@H](O)[C@H](O)C1(C)C)OC. The number of hydrogen-bond acceptors (Lipinski definition) is 7. The van der Waals surface area contributed by atoms with Crippen molar-refractivity contribution in [2.75, 3.05) is 27.9 Å². The molecule has 124 valence electrons. The Morgan fingerprint density at radius 3 is 2.38 bits per heavy atom. The van der Waals surface area contributed by atoms with Crippen LogP contribution in [0.4, 0.5) is 0 Å². The summed E-state index contributed by atoms with van der Waals surface area (Å²) in [4.78, 5) is 11.7. The van der Waals surface area contributed by atoms with E-state index in [0.29, 0.717) is 13.0 Å². The van der Waals surface area contributed by atoms with Gasteiger partial charge >= 0.3 is 5.97 Å². The molecule has 5 atom stereocenters. The predicted octanol–water partition coefficient (Wildman–Crippen LogP) is -0.274. The average Bonchev–Trinajstić information content (AvgIpc) is 2.46. The molecular weight excluding hydrogens is 280 g/mol. The topological polar surface area (TPSA) is 94.5 Å². The van der Waals surface area contributed by atoms with E-state index in [9.17, 15) is 15.0 Å². The van der Waals surface area contributed by atoms with Gasteiger partial charge in [0.05, 0.1) is 32.0 Å². The van der Waals surface area contributed by atoms with Gasteiger partial charge < -0.3 is 29.2 Å². The summed E-state index contributed by atoms with van der Waals surface area (Å²) >= 11 is 0. The van der Waals surface area contributed by atoms with E-state index < -0.39 is 35.8 Å². The van der Waals surface area contributed by atoms with Crippen LogP contribution in [0.3, 0.4) is 0 Å².